The van der Waals surface area contributed by atoms with Crippen LogP contribution in [-0.4, -0.2) is 24.8 Å². The fraction of sp³-hybridized carbons (Fsp3) is 0.571. The molecular weight excluding hydrogens is 331 g/mol. The second-order valence-electron chi connectivity index (χ2n) is 5.06. The molecule has 5 heteroatoms. The zero-order valence-corrected chi connectivity index (χ0v) is 13.7. The Morgan fingerprint density at radius 3 is 2.53 bits per heavy atom. The summed E-state index contributed by atoms with van der Waals surface area (Å²) in [5.41, 5.74) is 0.909. The maximum atomic E-state index is 13.1. The Morgan fingerprint density at radius 2 is 2.00 bits per heavy atom. The molecule has 108 valence electrons. The van der Waals surface area contributed by atoms with Crippen LogP contribution in [0.4, 0.5) is 4.39 Å². The van der Waals surface area contributed by atoms with E-state index in [9.17, 15) is 12.8 Å². The van der Waals surface area contributed by atoms with Gasteiger partial charge in [-0.1, -0.05) is 28.1 Å². The topological polar surface area (TPSA) is 34.1 Å². The second kappa shape index (κ2) is 7.39. The molecule has 1 aromatic carbocycles. The number of hydrogen-bond donors (Lipinski definition) is 0. The van der Waals surface area contributed by atoms with Crippen LogP contribution in [0, 0.1) is 11.7 Å². The molecule has 19 heavy (non-hydrogen) atoms. The van der Waals surface area contributed by atoms with Crippen molar-refractivity contribution in [3.05, 3.63) is 35.6 Å². The Bertz CT molecular complexity index is 500. The molecule has 0 saturated heterocycles. The molecule has 0 N–H and O–H groups in total. The summed E-state index contributed by atoms with van der Waals surface area (Å²) >= 11 is 3.41. The maximum absolute atomic E-state index is 13.1. The molecule has 0 aromatic heterocycles. The molecular formula is C14H20BrFO2S. The first-order chi connectivity index (χ1) is 8.85. The van der Waals surface area contributed by atoms with Crippen molar-refractivity contribution < 1.29 is 12.8 Å². The summed E-state index contributed by atoms with van der Waals surface area (Å²) in [7, 11) is -3.00. The summed E-state index contributed by atoms with van der Waals surface area (Å²) in [4.78, 5) is 0. The van der Waals surface area contributed by atoms with Crippen molar-refractivity contribution in [2.45, 2.75) is 31.9 Å². The highest BCUT2D eigenvalue weighted by Crippen LogP contribution is 2.18. The van der Waals surface area contributed by atoms with Gasteiger partial charge < -0.3 is 0 Å². The molecule has 0 heterocycles. The van der Waals surface area contributed by atoms with E-state index in [2.05, 4.69) is 15.9 Å². The summed E-state index contributed by atoms with van der Waals surface area (Å²) in [6.45, 7) is 3.40. The molecule has 1 aromatic rings. The molecule has 0 radical (unpaired) electrons. The van der Waals surface area contributed by atoms with Crippen LogP contribution in [0.25, 0.3) is 0 Å². The van der Waals surface area contributed by atoms with Crippen molar-refractivity contribution in [1.29, 1.82) is 0 Å². The van der Waals surface area contributed by atoms with E-state index in [4.69, 9.17) is 0 Å². The Balaban J connectivity index is 2.60. The van der Waals surface area contributed by atoms with Crippen LogP contribution in [0.2, 0.25) is 0 Å². The SMILES string of the molecule is CC(C)S(=O)(=O)CCC(CBr)Cc1cccc(F)c1. The Hall–Kier alpha value is -0.420. The summed E-state index contributed by atoms with van der Waals surface area (Å²) in [6.07, 6.45) is 1.29. The zero-order chi connectivity index (χ0) is 14.5. The Kier molecular flexibility index (Phi) is 6.47. The van der Waals surface area contributed by atoms with Gasteiger partial charge in [-0.3, -0.25) is 0 Å². The third-order valence-corrected chi connectivity index (χ3v) is 6.32. The normalized spacial score (nSPS) is 13.7. The Morgan fingerprint density at radius 1 is 1.32 bits per heavy atom. The molecule has 0 saturated carbocycles. The van der Waals surface area contributed by atoms with E-state index in [1.54, 1.807) is 19.9 Å². The number of sulfone groups is 1. The van der Waals surface area contributed by atoms with Crippen LogP contribution in [-0.2, 0) is 16.3 Å². The van der Waals surface area contributed by atoms with Crippen molar-refractivity contribution in [2.24, 2.45) is 5.92 Å². The van der Waals surface area contributed by atoms with Crippen LogP contribution < -0.4 is 0 Å². The summed E-state index contributed by atoms with van der Waals surface area (Å²) in [5, 5.41) is 0.384. The van der Waals surface area contributed by atoms with Gasteiger partial charge in [0.25, 0.3) is 0 Å². The van der Waals surface area contributed by atoms with E-state index in [1.165, 1.54) is 12.1 Å². The van der Waals surface area contributed by atoms with Crippen LogP contribution in [0.1, 0.15) is 25.8 Å². The fourth-order valence-electron chi connectivity index (χ4n) is 1.80. The molecule has 0 fully saturated rings. The first-order valence-electron chi connectivity index (χ1n) is 6.37. The van der Waals surface area contributed by atoms with Crippen molar-refractivity contribution in [3.63, 3.8) is 0 Å². The lowest BCUT2D eigenvalue weighted by Crippen LogP contribution is -2.21. The largest absolute Gasteiger partial charge is 0.229 e. The molecule has 0 aliphatic rings. The van der Waals surface area contributed by atoms with Crippen LogP contribution in [0.15, 0.2) is 24.3 Å². The zero-order valence-electron chi connectivity index (χ0n) is 11.3. The lowest BCUT2D eigenvalue weighted by molar-refractivity contribution is 0.545. The van der Waals surface area contributed by atoms with E-state index in [-0.39, 0.29) is 22.7 Å². The van der Waals surface area contributed by atoms with Crippen molar-refractivity contribution >= 4 is 25.8 Å². The fourth-order valence-corrected chi connectivity index (χ4v) is 3.48. The number of alkyl halides is 1. The van der Waals surface area contributed by atoms with Gasteiger partial charge >= 0.3 is 0 Å². The standard InChI is InChI=1S/C14H20BrFO2S/c1-11(2)19(17,18)7-6-13(10-15)8-12-4-3-5-14(16)9-12/h3-5,9,11,13H,6-8,10H2,1-2H3. The van der Waals surface area contributed by atoms with E-state index < -0.39 is 9.84 Å². The van der Waals surface area contributed by atoms with Gasteiger partial charge in [-0.2, -0.15) is 0 Å². The monoisotopic (exact) mass is 350 g/mol. The van der Waals surface area contributed by atoms with E-state index in [0.717, 1.165) is 10.9 Å². The molecule has 0 bridgehead atoms. The smallest absolute Gasteiger partial charge is 0.152 e. The first-order valence-corrected chi connectivity index (χ1v) is 9.21. The van der Waals surface area contributed by atoms with Crippen molar-refractivity contribution in [2.75, 3.05) is 11.1 Å². The van der Waals surface area contributed by atoms with Crippen LogP contribution in [0.5, 0.6) is 0 Å². The first kappa shape index (κ1) is 16.6. The number of halogens is 2. The summed E-state index contributed by atoms with van der Waals surface area (Å²) in [5.74, 6) is 0.145. The van der Waals surface area contributed by atoms with E-state index >= 15 is 0 Å². The Labute approximate surface area is 123 Å². The van der Waals surface area contributed by atoms with Gasteiger partial charge in [0.05, 0.1) is 11.0 Å². The third kappa shape index (κ3) is 5.61. The molecule has 1 rings (SSSR count). The number of benzene rings is 1. The molecule has 1 atom stereocenters. The third-order valence-electron chi connectivity index (χ3n) is 3.16. The quantitative estimate of drug-likeness (QED) is 0.704. The molecule has 0 aliphatic heterocycles. The van der Waals surface area contributed by atoms with Gasteiger partial charge in [0.1, 0.15) is 5.82 Å². The van der Waals surface area contributed by atoms with Gasteiger partial charge in [0.2, 0.25) is 0 Å². The minimum Gasteiger partial charge on any atom is -0.229 e. The van der Waals surface area contributed by atoms with Gasteiger partial charge in [-0.15, -0.1) is 0 Å². The second-order valence-corrected chi connectivity index (χ2v) is 8.38. The molecule has 0 spiro atoms. The van der Waals surface area contributed by atoms with Gasteiger partial charge in [0.15, 0.2) is 9.84 Å². The van der Waals surface area contributed by atoms with Crippen LogP contribution in [0.3, 0.4) is 0 Å². The predicted molar refractivity (Wildman–Crippen MR) is 80.9 cm³/mol. The summed E-state index contributed by atoms with van der Waals surface area (Å²) < 4.78 is 36.7. The predicted octanol–water partition coefficient (Wildman–Crippen LogP) is 3.59. The van der Waals surface area contributed by atoms with E-state index in [1.807, 2.05) is 6.07 Å². The van der Waals surface area contributed by atoms with Crippen molar-refractivity contribution in [3.8, 4) is 0 Å². The van der Waals surface area contributed by atoms with Crippen LogP contribution >= 0.6 is 15.9 Å². The van der Waals surface area contributed by atoms with E-state index in [0.29, 0.717) is 12.8 Å². The average molecular weight is 351 g/mol. The maximum Gasteiger partial charge on any atom is 0.152 e. The minimum atomic E-state index is -3.00. The number of hydrogen-bond acceptors (Lipinski definition) is 2. The molecule has 2 nitrogen and oxygen atoms in total. The lowest BCUT2D eigenvalue weighted by Gasteiger charge is -2.15. The molecule has 0 amide bonds. The highest BCUT2D eigenvalue weighted by molar-refractivity contribution is 9.09. The minimum absolute atomic E-state index is 0.191. The van der Waals surface area contributed by atoms with Crippen molar-refractivity contribution in [1.82, 2.24) is 0 Å². The van der Waals surface area contributed by atoms with Gasteiger partial charge in [-0.25, -0.2) is 12.8 Å². The number of rotatable bonds is 7. The highest BCUT2D eigenvalue weighted by atomic mass is 79.9. The molecule has 0 aliphatic carbocycles. The van der Waals surface area contributed by atoms with Gasteiger partial charge in [0, 0.05) is 5.33 Å². The highest BCUT2D eigenvalue weighted by Gasteiger charge is 2.19. The average Bonchev–Trinajstić information content (AvgIpc) is 2.34. The lowest BCUT2D eigenvalue weighted by atomic mass is 9.99. The van der Waals surface area contributed by atoms with Gasteiger partial charge in [-0.05, 0) is 50.3 Å². The summed E-state index contributed by atoms with van der Waals surface area (Å²) in [6, 6.07) is 6.47. The molecule has 1 unspecified atom stereocenters.